The normalized spacial score (nSPS) is 18.3. The maximum absolute atomic E-state index is 12.1. The third-order valence-electron chi connectivity index (χ3n) is 4.75. The van der Waals surface area contributed by atoms with Gasteiger partial charge in [-0.2, -0.15) is 0 Å². The van der Waals surface area contributed by atoms with E-state index in [9.17, 15) is 4.79 Å². The molecule has 1 unspecified atom stereocenters. The van der Waals surface area contributed by atoms with E-state index in [1.165, 1.54) is 0 Å². The summed E-state index contributed by atoms with van der Waals surface area (Å²) < 4.78 is 12.0. The van der Waals surface area contributed by atoms with E-state index < -0.39 is 5.60 Å². The van der Waals surface area contributed by atoms with Crippen molar-refractivity contribution in [3.05, 3.63) is 94.8 Å². The zero-order valence-corrected chi connectivity index (χ0v) is 14.5. The lowest BCUT2D eigenvalue weighted by molar-refractivity contribution is -0.125. The van der Waals surface area contributed by atoms with E-state index in [4.69, 9.17) is 9.47 Å². The summed E-state index contributed by atoms with van der Waals surface area (Å²) in [6.07, 6.45) is 4.24. The molecule has 4 rings (SSSR count). The minimum absolute atomic E-state index is 0.314. The predicted octanol–water partition coefficient (Wildman–Crippen LogP) is 3.94. The Hall–Kier alpha value is -2.98. The summed E-state index contributed by atoms with van der Waals surface area (Å²) in [6, 6.07) is 17.8. The second-order valence-electron chi connectivity index (χ2n) is 6.45. The number of hydrogen-bond acceptors (Lipinski definition) is 4. The van der Waals surface area contributed by atoms with Gasteiger partial charge in [-0.1, -0.05) is 60.2 Å². The van der Waals surface area contributed by atoms with Crippen LogP contribution in [0.2, 0.25) is 0 Å². The van der Waals surface area contributed by atoms with Crippen LogP contribution in [0.25, 0.3) is 0 Å². The number of aromatic nitrogens is 1. The predicted molar refractivity (Wildman–Crippen MR) is 97.8 cm³/mol. The zero-order chi connectivity index (χ0) is 18.0. The van der Waals surface area contributed by atoms with Gasteiger partial charge in [-0.15, -0.1) is 0 Å². The minimum atomic E-state index is -1.12. The molecule has 4 nitrogen and oxygen atoms in total. The van der Waals surface area contributed by atoms with Crippen molar-refractivity contribution in [3.63, 3.8) is 0 Å². The molecule has 0 aliphatic carbocycles. The lowest BCUT2D eigenvalue weighted by Gasteiger charge is -2.23. The Balaban J connectivity index is 1.68. The molecule has 0 N–H and O–H groups in total. The van der Waals surface area contributed by atoms with Crippen molar-refractivity contribution in [2.24, 2.45) is 0 Å². The zero-order valence-electron chi connectivity index (χ0n) is 14.5. The molecule has 0 saturated carbocycles. The number of hydrogen-bond donors (Lipinski definition) is 0. The molecule has 2 aromatic carbocycles. The third kappa shape index (κ3) is 2.78. The summed E-state index contributed by atoms with van der Waals surface area (Å²) in [5.74, 6) is 0.655. The second-order valence-corrected chi connectivity index (χ2v) is 6.45. The molecular formula is C22H19NO3. The van der Waals surface area contributed by atoms with Crippen LogP contribution >= 0.6 is 0 Å². The van der Waals surface area contributed by atoms with Crippen LogP contribution in [0.15, 0.2) is 67.0 Å². The molecule has 0 amide bonds. The van der Waals surface area contributed by atoms with Crippen LogP contribution in [-0.4, -0.2) is 11.3 Å². The highest BCUT2D eigenvalue weighted by Gasteiger charge is 2.43. The quantitative estimate of drug-likeness (QED) is 0.657. The Morgan fingerprint density at radius 1 is 1.12 bits per heavy atom. The molecule has 4 heteroatoms. The highest BCUT2D eigenvalue weighted by molar-refractivity contribution is 5.75. The molecule has 2 heterocycles. The van der Waals surface area contributed by atoms with Crippen LogP contribution in [0.1, 0.15) is 27.8 Å². The van der Waals surface area contributed by atoms with Crippen molar-refractivity contribution in [3.8, 4) is 5.75 Å². The Labute approximate surface area is 152 Å². The number of rotatable bonds is 5. The van der Waals surface area contributed by atoms with Crippen molar-refractivity contribution in [2.45, 2.75) is 25.7 Å². The molecule has 0 radical (unpaired) electrons. The van der Waals surface area contributed by atoms with Crippen LogP contribution in [-0.2, 0) is 28.3 Å². The number of carbonyl (C=O) groups excluding carboxylic acids is 1. The first-order chi connectivity index (χ1) is 12.7. The molecule has 130 valence electrons. The number of aldehydes is 1. The van der Waals surface area contributed by atoms with Gasteiger partial charge in [0.05, 0.1) is 12.8 Å². The van der Waals surface area contributed by atoms with Crippen LogP contribution in [0, 0.1) is 6.92 Å². The first-order valence-corrected chi connectivity index (χ1v) is 8.54. The molecule has 0 spiro atoms. The standard InChI is InChI=1S/C22H19NO3/c1-16-7-9-18(10-8-16)22(15-24)20-11-23-12-21(19(20)14-26-22)25-13-17-5-3-2-4-6-17/h2-12,15H,13-14H2,1H3. The number of pyridine rings is 1. The SMILES string of the molecule is Cc1ccc(C2(C=O)OCc3c(OCc4ccccc4)cncc32)cc1. The Bertz CT molecular complexity index is 922. The average molecular weight is 345 g/mol. The van der Waals surface area contributed by atoms with Crippen molar-refractivity contribution < 1.29 is 14.3 Å². The molecule has 0 bridgehead atoms. The number of fused-ring (bicyclic) bond motifs is 1. The molecular weight excluding hydrogens is 326 g/mol. The summed E-state index contributed by atoms with van der Waals surface area (Å²) in [6.45, 7) is 2.77. The summed E-state index contributed by atoms with van der Waals surface area (Å²) in [4.78, 5) is 16.4. The minimum Gasteiger partial charge on any atom is -0.487 e. The van der Waals surface area contributed by atoms with Gasteiger partial charge in [0.25, 0.3) is 0 Å². The average Bonchev–Trinajstić information content (AvgIpc) is 3.08. The van der Waals surface area contributed by atoms with Gasteiger partial charge >= 0.3 is 0 Å². The van der Waals surface area contributed by atoms with Gasteiger partial charge in [-0.3, -0.25) is 9.78 Å². The van der Waals surface area contributed by atoms with Crippen molar-refractivity contribution in [2.75, 3.05) is 0 Å². The van der Waals surface area contributed by atoms with Crippen molar-refractivity contribution in [1.82, 2.24) is 4.98 Å². The molecule has 0 saturated heterocycles. The van der Waals surface area contributed by atoms with Gasteiger partial charge in [0.1, 0.15) is 12.4 Å². The summed E-state index contributed by atoms with van der Waals surface area (Å²) in [7, 11) is 0. The van der Waals surface area contributed by atoms with Gasteiger partial charge in [-0.05, 0) is 18.1 Å². The summed E-state index contributed by atoms with van der Waals surface area (Å²) in [5.41, 5.74) is 3.52. The fourth-order valence-corrected chi connectivity index (χ4v) is 3.27. The second kappa shape index (κ2) is 6.73. The van der Waals surface area contributed by atoms with Crippen LogP contribution in [0.3, 0.4) is 0 Å². The van der Waals surface area contributed by atoms with Gasteiger partial charge in [0, 0.05) is 17.3 Å². The molecule has 1 aromatic heterocycles. The number of aryl methyl sites for hydroxylation is 1. The number of nitrogens with zero attached hydrogens (tertiary/aromatic N) is 1. The summed E-state index contributed by atoms with van der Waals surface area (Å²) >= 11 is 0. The summed E-state index contributed by atoms with van der Waals surface area (Å²) in [5, 5.41) is 0. The maximum Gasteiger partial charge on any atom is 0.175 e. The largest absolute Gasteiger partial charge is 0.487 e. The maximum atomic E-state index is 12.1. The number of carbonyl (C=O) groups is 1. The molecule has 3 aromatic rings. The van der Waals surface area contributed by atoms with E-state index in [-0.39, 0.29) is 0 Å². The van der Waals surface area contributed by atoms with E-state index in [1.54, 1.807) is 12.4 Å². The molecule has 0 fully saturated rings. The monoisotopic (exact) mass is 345 g/mol. The Kier molecular flexibility index (Phi) is 4.27. The Morgan fingerprint density at radius 3 is 2.62 bits per heavy atom. The fraction of sp³-hybridized carbons (Fsp3) is 0.182. The highest BCUT2D eigenvalue weighted by Crippen LogP contribution is 2.43. The van der Waals surface area contributed by atoms with Gasteiger partial charge in [0.15, 0.2) is 11.9 Å². The molecule has 1 aliphatic heterocycles. The van der Waals surface area contributed by atoms with Gasteiger partial charge in [-0.25, -0.2) is 0 Å². The van der Waals surface area contributed by atoms with E-state index >= 15 is 0 Å². The van der Waals surface area contributed by atoms with Gasteiger partial charge in [0.2, 0.25) is 0 Å². The number of ether oxygens (including phenoxy) is 2. The molecule has 1 aliphatic rings. The van der Waals surface area contributed by atoms with Crippen LogP contribution < -0.4 is 4.74 Å². The Morgan fingerprint density at radius 2 is 1.88 bits per heavy atom. The van der Waals surface area contributed by atoms with E-state index in [0.29, 0.717) is 19.0 Å². The van der Waals surface area contributed by atoms with E-state index in [0.717, 1.165) is 34.1 Å². The van der Waals surface area contributed by atoms with Crippen molar-refractivity contribution >= 4 is 6.29 Å². The topological polar surface area (TPSA) is 48.4 Å². The highest BCUT2D eigenvalue weighted by atomic mass is 16.5. The third-order valence-corrected chi connectivity index (χ3v) is 4.75. The fourth-order valence-electron chi connectivity index (χ4n) is 3.27. The van der Waals surface area contributed by atoms with E-state index in [2.05, 4.69) is 4.98 Å². The van der Waals surface area contributed by atoms with E-state index in [1.807, 2.05) is 61.5 Å². The number of benzene rings is 2. The van der Waals surface area contributed by atoms with Crippen LogP contribution in [0.5, 0.6) is 5.75 Å². The lowest BCUT2D eigenvalue weighted by Crippen LogP contribution is -2.28. The molecule has 1 atom stereocenters. The smallest absolute Gasteiger partial charge is 0.175 e. The lowest BCUT2D eigenvalue weighted by atomic mass is 9.87. The van der Waals surface area contributed by atoms with Gasteiger partial charge < -0.3 is 9.47 Å². The first-order valence-electron chi connectivity index (χ1n) is 8.54. The first kappa shape index (κ1) is 16.5. The van der Waals surface area contributed by atoms with Crippen LogP contribution in [0.4, 0.5) is 0 Å². The molecule has 26 heavy (non-hydrogen) atoms. The van der Waals surface area contributed by atoms with Crippen molar-refractivity contribution in [1.29, 1.82) is 0 Å².